The van der Waals surface area contributed by atoms with Gasteiger partial charge in [0.1, 0.15) is 5.92 Å². The fraction of sp³-hybridized carbons (Fsp3) is 0.312. The number of hydrogen-bond donors (Lipinski definition) is 1. The summed E-state index contributed by atoms with van der Waals surface area (Å²) >= 11 is 7.97. The van der Waals surface area contributed by atoms with E-state index in [2.05, 4.69) is 11.4 Å². The average molecular weight is 322 g/mol. The Morgan fingerprint density at radius 3 is 2.95 bits per heavy atom. The number of thiophene rings is 1. The number of benzene rings is 1. The van der Waals surface area contributed by atoms with Gasteiger partial charge < -0.3 is 10.1 Å². The fourth-order valence-corrected chi connectivity index (χ4v) is 4.18. The Labute approximate surface area is 132 Å². The van der Waals surface area contributed by atoms with Gasteiger partial charge in [-0.15, -0.1) is 11.3 Å². The van der Waals surface area contributed by atoms with Gasteiger partial charge in [0.05, 0.1) is 7.11 Å². The fourth-order valence-electron chi connectivity index (χ4n) is 2.64. The molecule has 1 aromatic heterocycles. The summed E-state index contributed by atoms with van der Waals surface area (Å²) in [4.78, 5) is 14.6. The van der Waals surface area contributed by atoms with Crippen LogP contribution in [0.3, 0.4) is 0 Å². The third-order valence-electron chi connectivity index (χ3n) is 3.70. The van der Waals surface area contributed by atoms with Gasteiger partial charge in [0.15, 0.2) is 0 Å². The Hall–Kier alpha value is -1.36. The van der Waals surface area contributed by atoms with E-state index in [4.69, 9.17) is 16.3 Å². The van der Waals surface area contributed by atoms with Gasteiger partial charge in [-0.3, -0.25) is 4.79 Å². The molecule has 3 nitrogen and oxygen atoms in total. The van der Waals surface area contributed by atoms with Gasteiger partial charge in [-0.1, -0.05) is 29.8 Å². The third kappa shape index (κ3) is 2.84. The number of esters is 1. The highest BCUT2D eigenvalue weighted by atomic mass is 35.5. The zero-order valence-corrected chi connectivity index (χ0v) is 13.3. The van der Waals surface area contributed by atoms with E-state index in [1.54, 1.807) is 11.3 Å². The van der Waals surface area contributed by atoms with Gasteiger partial charge in [0, 0.05) is 27.9 Å². The van der Waals surface area contributed by atoms with Crippen LogP contribution in [0.5, 0.6) is 0 Å². The normalized spacial score (nSPS) is 15.3. The lowest BCUT2D eigenvalue weighted by molar-refractivity contribution is -0.141. The van der Waals surface area contributed by atoms with Crippen LogP contribution in [0.4, 0.5) is 0 Å². The SMILES string of the molecule is COC(=O)[C@@H](c1cc2c(s1)CCNC2)c1ccccc1Cl. The molecule has 0 saturated carbocycles. The second-order valence-corrected chi connectivity index (χ2v) is 6.58. The highest BCUT2D eigenvalue weighted by Gasteiger charge is 2.28. The van der Waals surface area contributed by atoms with Crippen LogP contribution in [0.2, 0.25) is 5.02 Å². The number of halogens is 1. The maximum Gasteiger partial charge on any atom is 0.318 e. The quantitative estimate of drug-likeness (QED) is 0.881. The molecule has 1 aliphatic rings. The van der Waals surface area contributed by atoms with Crippen LogP contribution in [0.1, 0.15) is 26.8 Å². The highest BCUT2D eigenvalue weighted by Crippen LogP contribution is 2.37. The Bertz CT molecular complexity index is 645. The topological polar surface area (TPSA) is 38.3 Å². The standard InChI is InChI=1S/C16H16ClNO2S/c1-20-16(19)15(11-4-2-3-5-12(11)17)14-8-10-9-18-7-6-13(10)21-14/h2-5,8,15,18H,6-7,9H2,1H3/t15-/m1/s1. The number of carbonyl (C=O) groups excluding carboxylic acids is 1. The van der Waals surface area contributed by atoms with Crippen LogP contribution in [-0.2, 0) is 22.5 Å². The van der Waals surface area contributed by atoms with E-state index in [0.717, 1.165) is 30.0 Å². The van der Waals surface area contributed by atoms with Gasteiger partial charge in [0.25, 0.3) is 0 Å². The predicted molar refractivity (Wildman–Crippen MR) is 85.0 cm³/mol. The molecule has 1 aromatic carbocycles. The van der Waals surface area contributed by atoms with Gasteiger partial charge in [-0.05, 0) is 29.7 Å². The average Bonchev–Trinajstić information content (AvgIpc) is 2.92. The minimum atomic E-state index is -0.445. The Kier molecular flexibility index (Phi) is 4.29. The van der Waals surface area contributed by atoms with E-state index in [-0.39, 0.29) is 5.97 Å². The number of ether oxygens (including phenoxy) is 1. The minimum absolute atomic E-state index is 0.269. The number of nitrogens with one attached hydrogen (secondary N) is 1. The number of methoxy groups -OCH3 is 1. The van der Waals surface area contributed by atoms with Crippen molar-refractivity contribution in [2.24, 2.45) is 0 Å². The van der Waals surface area contributed by atoms with E-state index in [1.165, 1.54) is 17.6 Å². The van der Waals surface area contributed by atoms with Crippen LogP contribution < -0.4 is 5.32 Å². The second kappa shape index (κ2) is 6.18. The molecule has 0 bridgehead atoms. The first-order valence-corrected chi connectivity index (χ1v) is 8.04. The van der Waals surface area contributed by atoms with Crippen LogP contribution in [0.15, 0.2) is 30.3 Å². The van der Waals surface area contributed by atoms with Crippen molar-refractivity contribution in [3.05, 3.63) is 56.2 Å². The molecule has 1 aliphatic heterocycles. The van der Waals surface area contributed by atoms with Crippen LogP contribution in [-0.4, -0.2) is 19.6 Å². The van der Waals surface area contributed by atoms with E-state index >= 15 is 0 Å². The summed E-state index contributed by atoms with van der Waals surface area (Å²) in [5.41, 5.74) is 2.08. The van der Waals surface area contributed by atoms with Crippen molar-refractivity contribution in [3.63, 3.8) is 0 Å². The smallest absolute Gasteiger partial charge is 0.318 e. The molecule has 2 aromatic rings. The lowest BCUT2D eigenvalue weighted by atomic mass is 9.96. The van der Waals surface area contributed by atoms with E-state index in [1.807, 2.05) is 24.3 Å². The summed E-state index contributed by atoms with van der Waals surface area (Å²) in [5.74, 6) is -0.714. The first-order valence-electron chi connectivity index (χ1n) is 6.85. The van der Waals surface area contributed by atoms with E-state index in [0.29, 0.717) is 5.02 Å². The van der Waals surface area contributed by atoms with Crippen molar-refractivity contribution in [3.8, 4) is 0 Å². The van der Waals surface area contributed by atoms with Gasteiger partial charge >= 0.3 is 5.97 Å². The largest absolute Gasteiger partial charge is 0.468 e. The molecular formula is C16H16ClNO2S. The zero-order valence-electron chi connectivity index (χ0n) is 11.7. The summed E-state index contributed by atoms with van der Waals surface area (Å²) in [6.45, 7) is 1.85. The molecule has 0 radical (unpaired) electrons. The zero-order chi connectivity index (χ0) is 14.8. The van der Waals surface area contributed by atoms with Gasteiger partial charge in [-0.2, -0.15) is 0 Å². The lowest BCUT2D eigenvalue weighted by Crippen LogP contribution is -2.21. The van der Waals surface area contributed by atoms with Crippen molar-refractivity contribution in [1.29, 1.82) is 0 Å². The molecule has 110 valence electrons. The molecule has 0 spiro atoms. The monoisotopic (exact) mass is 321 g/mol. The molecule has 1 atom stereocenters. The Balaban J connectivity index is 2.06. The van der Waals surface area contributed by atoms with Crippen molar-refractivity contribution >= 4 is 28.9 Å². The second-order valence-electron chi connectivity index (χ2n) is 5.00. The molecule has 3 rings (SSSR count). The summed E-state index contributed by atoms with van der Waals surface area (Å²) in [7, 11) is 1.42. The van der Waals surface area contributed by atoms with Crippen LogP contribution >= 0.6 is 22.9 Å². The molecule has 0 unspecified atom stereocenters. The first kappa shape index (κ1) is 14.6. The van der Waals surface area contributed by atoms with Crippen molar-refractivity contribution in [2.45, 2.75) is 18.9 Å². The molecule has 21 heavy (non-hydrogen) atoms. The molecule has 0 aliphatic carbocycles. The van der Waals surface area contributed by atoms with Crippen molar-refractivity contribution in [1.82, 2.24) is 5.32 Å². The maximum atomic E-state index is 12.3. The Morgan fingerprint density at radius 2 is 2.24 bits per heavy atom. The van der Waals surface area contributed by atoms with Gasteiger partial charge in [0.2, 0.25) is 0 Å². The molecule has 0 saturated heterocycles. The van der Waals surface area contributed by atoms with Crippen molar-refractivity contribution in [2.75, 3.05) is 13.7 Å². The highest BCUT2D eigenvalue weighted by molar-refractivity contribution is 7.12. The molecule has 0 fully saturated rings. The summed E-state index contributed by atoms with van der Waals surface area (Å²) in [5, 5.41) is 3.95. The van der Waals surface area contributed by atoms with E-state index < -0.39 is 5.92 Å². The molecule has 5 heteroatoms. The Morgan fingerprint density at radius 1 is 1.43 bits per heavy atom. The van der Waals surface area contributed by atoms with Gasteiger partial charge in [-0.25, -0.2) is 0 Å². The number of hydrogen-bond acceptors (Lipinski definition) is 4. The molecule has 0 amide bonds. The third-order valence-corrected chi connectivity index (χ3v) is 5.34. The van der Waals surface area contributed by atoms with Crippen LogP contribution in [0.25, 0.3) is 0 Å². The molecular weight excluding hydrogens is 306 g/mol. The summed E-state index contributed by atoms with van der Waals surface area (Å²) < 4.78 is 5.00. The maximum absolute atomic E-state index is 12.3. The lowest BCUT2D eigenvalue weighted by Gasteiger charge is -2.14. The van der Waals surface area contributed by atoms with E-state index in [9.17, 15) is 4.79 Å². The summed E-state index contributed by atoms with van der Waals surface area (Å²) in [6, 6.07) is 9.57. The van der Waals surface area contributed by atoms with Crippen LogP contribution in [0, 0.1) is 0 Å². The number of carbonyl (C=O) groups is 1. The number of fused-ring (bicyclic) bond motifs is 1. The van der Waals surface area contributed by atoms with Crippen molar-refractivity contribution < 1.29 is 9.53 Å². The molecule has 1 N–H and O–H groups in total. The number of rotatable bonds is 3. The minimum Gasteiger partial charge on any atom is -0.468 e. The predicted octanol–water partition coefficient (Wildman–Crippen LogP) is 3.35. The summed E-state index contributed by atoms with van der Waals surface area (Å²) in [6.07, 6.45) is 1.01. The molecule has 2 heterocycles. The first-order chi connectivity index (χ1) is 10.2.